The highest BCUT2D eigenvalue weighted by molar-refractivity contribution is 7.85. The minimum absolute atomic E-state index is 0.0666. The maximum absolute atomic E-state index is 10.5. The van der Waals surface area contributed by atoms with Gasteiger partial charge in [0.25, 0.3) is 10.1 Å². The summed E-state index contributed by atoms with van der Waals surface area (Å²) in [6, 6.07) is 16.2. The van der Waals surface area contributed by atoms with E-state index in [1.165, 1.54) is 17.7 Å². The smallest absolute Gasteiger partial charge is 0.294 e. The zero-order valence-electron chi connectivity index (χ0n) is 14.9. The van der Waals surface area contributed by atoms with Crippen molar-refractivity contribution in [3.05, 3.63) is 65.7 Å². The second-order valence-electron chi connectivity index (χ2n) is 5.30. The van der Waals surface area contributed by atoms with Crippen molar-refractivity contribution in [2.75, 3.05) is 19.8 Å². The van der Waals surface area contributed by atoms with Gasteiger partial charge in [-0.15, -0.1) is 0 Å². The van der Waals surface area contributed by atoms with Crippen LogP contribution in [0, 0.1) is 6.92 Å². The third kappa shape index (κ3) is 8.27. The first kappa shape index (κ1) is 21.3. The van der Waals surface area contributed by atoms with Gasteiger partial charge in [-0.3, -0.25) is 4.55 Å². The molecule has 0 bridgehead atoms. The predicted octanol–water partition coefficient (Wildman–Crippen LogP) is 4.04. The average Bonchev–Trinajstić information content (AvgIpc) is 2.59. The van der Waals surface area contributed by atoms with E-state index in [0.29, 0.717) is 13.2 Å². The Balaban J connectivity index is 0.000000257. The molecule has 0 heterocycles. The maximum atomic E-state index is 10.5. The molecule has 0 radical (unpaired) electrons. The highest BCUT2D eigenvalue weighted by Crippen LogP contribution is 2.17. The summed E-state index contributed by atoms with van der Waals surface area (Å²) in [5.74, 6) is 0. The molecule has 0 amide bonds. The molecule has 2 aromatic carbocycles. The van der Waals surface area contributed by atoms with Crippen molar-refractivity contribution in [3.63, 3.8) is 0 Å². The molecule has 0 spiro atoms. The Morgan fingerprint density at radius 2 is 1.56 bits per heavy atom. The standard InChI is InChI=1S/C12H18O2.C7H8O3S/c1-3-13-10-12(14-4-2)11-8-6-5-7-9-11;1-6-2-4-7(5-3-6)11(8,9)10/h5-9,12H,3-4,10H2,1-2H3;2-5H,1H3,(H,8,9,10). The van der Waals surface area contributed by atoms with Crippen LogP contribution in [-0.4, -0.2) is 32.8 Å². The molecule has 0 aliphatic heterocycles. The van der Waals surface area contributed by atoms with Crippen LogP contribution in [0.5, 0.6) is 0 Å². The molecule has 0 aliphatic carbocycles. The average molecular weight is 366 g/mol. The lowest BCUT2D eigenvalue weighted by atomic mass is 10.1. The first-order valence-corrected chi connectivity index (χ1v) is 9.61. The number of hydrogen-bond donors (Lipinski definition) is 1. The topological polar surface area (TPSA) is 72.8 Å². The van der Waals surface area contributed by atoms with E-state index in [1.807, 2.05) is 39.0 Å². The molecule has 0 saturated heterocycles. The van der Waals surface area contributed by atoms with Crippen LogP contribution in [0.1, 0.15) is 31.1 Å². The van der Waals surface area contributed by atoms with Gasteiger partial charge >= 0.3 is 0 Å². The van der Waals surface area contributed by atoms with Crippen molar-refractivity contribution in [2.24, 2.45) is 0 Å². The first-order chi connectivity index (χ1) is 11.9. The van der Waals surface area contributed by atoms with E-state index in [1.54, 1.807) is 12.1 Å². The van der Waals surface area contributed by atoms with E-state index in [2.05, 4.69) is 12.1 Å². The van der Waals surface area contributed by atoms with Crippen LogP contribution in [0.15, 0.2) is 59.5 Å². The van der Waals surface area contributed by atoms with Gasteiger partial charge in [0.05, 0.1) is 11.5 Å². The third-order valence-electron chi connectivity index (χ3n) is 3.33. The van der Waals surface area contributed by atoms with Gasteiger partial charge in [0.2, 0.25) is 0 Å². The molecule has 0 saturated carbocycles. The quantitative estimate of drug-likeness (QED) is 0.749. The Hall–Kier alpha value is -1.73. The van der Waals surface area contributed by atoms with Crippen molar-refractivity contribution in [1.82, 2.24) is 0 Å². The molecule has 2 aromatic rings. The van der Waals surface area contributed by atoms with Crippen LogP contribution in [0.2, 0.25) is 0 Å². The van der Waals surface area contributed by atoms with E-state index in [-0.39, 0.29) is 11.0 Å². The van der Waals surface area contributed by atoms with E-state index in [9.17, 15) is 8.42 Å². The van der Waals surface area contributed by atoms with Gasteiger partial charge in [0.15, 0.2) is 0 Å². The molecule has 138 valence electrons. The fourth-order valence-corrected chi connectivity index (χ4v) is 2.52. The van der Waals surface area contributed by atoms with Crippen LogP contribution in [0.4, 0.5) is 0 Å². The van der Waals surface area contributed by atoms with Gasteiger partial charge < -0.3 is 9.47 Å². The largest absolute Gasteiger partial charge is 0.379 e. The fourth-order valence-electron chi connectivity index (χ4n) is 2.04. The van der Waals surface area contributed by atoms with Crippen LogP contribution in [0.25, 0.3) is 0 Å². The minimum Gasteiger partial charge on any atom is -0.379 e. The lowest BCUT2D eigenvalue weighted by Gasteiger charge is -2.16. The Labute approximate surface area is 150 Å². The number of rotatable bonds is 7. The van der Waals surface area contributed by atoms with E-state index >= 15 is 0 Å². The molecule has 6 heteroatoms. The second-order valence-corrected chi connectivity index (χ2v) is 6.72. The number of ether oxygens (including phenoxy) is 2. The predicted molar refractivity (Wildman–Crippen MR) is 98.3 cm³/mol. The summed E-state index contributed by atoms with van der Waals surface area (Å²) in [7, 11) is -4.02. The molecule has 0 aliphatic rings. The van der Waals surface area contributed by atoms with Gasteiger partial charge in [-0.05, 0) is 38.5 Å². The molecule has 1 unspecified atom stereocenters. The van der Waals surface area contributed by atoms with Gasteiger partial charge in [0.1, 0.15) is 6.10 Å². The van der Waals surface area contributed by atoms with Gasteiger partial charge in [-0.2, -0.15) is 8.42 Å². The summed E-state index contributed by atoms with van der Waals surface area (Å²) < 4.78 is 40.5. The summed E-state index contributed by atoms with van der Waals surface area (Å²) in [6.07, 6.45) is 0.0705. The zero-order chi connectivity index (χ0) is 18.7. The first-order valence-electron chi connectivity index (χ1n) is 8.16. The molecule has 1 N–H and O–H groups in total. The van der Waals surface area contributed by atoms with Crippen LogP contribution in [0.3, 0.4) is 0 Å². The highest BCUT2D eigenvalue weighted by atomic mass is 32.2. The van der Waals surface area contributed by atoms with Crippen molar-refractivity contribution < 1.29 is 22.4 Å². The molecular weight excluding hydrogens is 340 g/mol. The summed E-state index contributed by atoms with van der Waals surface area (Å²) in [5, 5.41) is 0. The van der Waals surface area contributed by atoms with Crippen LogP contribution >= 0.6 is 0 Å². The summed E-state index contributed by atoms with van der Waals surface area (Å²) in [5.41, 5.74) is 2.14. The SMILES string of the molecule is CCOCC(OCC)c1ccccc1.Cc1ccc(S(=O)(=O)O)cc1. The lowest BCUT2D eigenvalue weighted by Crippen LogP contribution is -2.11. The molecule has 2 rings (SSSR count). The van der Waals surface area contributed by atoms with Crippen molar-refractivity contribution in [3.8, 4) is 0 Å². The van der Waals surface area contributed by atoms with Crippen molar-refractivity contribution in [2.45, 2.75) is 31.8 Å². The molecular formula is C19H26O5S. The molecule has 5 nitrogen and oxygen atoms in total. The second kappa shape index (κ2) is 11.0. The number of hydrogen-bond acceptors (Lipinski definition) is 4. The van der Waals surface area contributed by atoms with E-state index in [0.717, 1.165) is 12.2 Å². The van der Waals surface area contributed by atoms with Crippen LogP contribution < -0.4 is 0 Å². The van der Waals surface area contributed by atoms with Crippen LogP contribution in [-0.2, 0) is 19.6 Å². The van der Waals surface area contributed by atoms with E-state index < -0.39 is 10.1 Å². The van der Waals surface area contributed by atoms with Gasteiger partial charge in [-0.1, -0.05) is 48.0 Å². The minimum atomic E-state index is -4.02. The normalized spacial score (nSPS) is 12.2. The summed E-state index contributed by atoms with van der Waals surface area (Å²) in [6.45, 7) is 7.92. The van der Waals surface area contributed by atoms with Gasteiger partial charge in [0, 0.05) is 13.2 Å². The summed E-state index contributed by atoms with van der Waals surface area (Å²) >= 11 is 0. The Morgan fingerprint density at radius 3 is 2.04 bits per heavy atom. The monoisotopic (exact) mass is 366 g/mol. The highest BCUT2D eigenvalue weighted by Gasteiger charge is 2.10. The molecule has 0 fully saturated rings. The Kier molecular flexibility index (Phi) is 9.37. The zero-order valence-corrected chi connectivity index (χ0v) is 15.7. The molecule has 0 aromatic heterocycles. The lowest BCUT2D eigenvalue weighted by molar-refractivity contribution is -0.00974. The number of benzene rings is 2. The fraction of sp³-hybridized carbons (Fsp3) is 0.368. The number of aryl methyl sites for hydroxylation is 1. The maximum Gasteiger partial charge on any atom is 0.294 e. The summed E-state index contributed by atoms with van der Waals surface area (Å²) in [4.78, 5) is -0.0666. The Bertz CT molecular complexity index is 696. The molecule has 25 heavy (non-hydrogen) atoms. The molecule has 1 atom stereocenters. The van der Waals surface area contributed by atoms with Crippen molar-refractivity contribution in [1.29, 1.82) is 0 Å². The Morgan fingerprint density at radius 1 is 0.960 bits per heavy atom. The third-order valence-corrected chi connectivity index (χ3v) is 4.20. The van der Waals surface area contributed by atoms with Gasteiger partial charge in [-0.25, -0.2) is 0 Å². The van der Waals surface area contributed by atoms with E-state index in [4.69, 9.17) is 14.0 Å². The van der Waals surface area contributed by atoms with Crippen molar-refractivity contribution >= 4 is 10.1 Å².